The van der Waals surface area contributed by atoms with Crippen molar-refractivity contribution < 1.29 is 22.7 Å². The van der Waals surface area contributed by atoms with Gasteiger partial charge in [-0.3, -0.25) is 9.78 Å². The molecule has 2 rings (SSSR count). The largest absolute Gasteiger partial charge is 0.459 e. The second-order valence-electron chi connectivity index (χ2n) is 8.46. The van der Waals surface area contributed by atoms with Crippen LogP contribution >= 0.6 is 0 Å². The first-order valence-corrected chi connectivity index (χ1v) is 10.5. The molecule has 1 unspecified atom stereocenters. The smallest absolute Gasteiger partial charge is 0.327 e. The van der Waals surface area contributed by atoms with Gasteiger partial charge in [0.2, 0.25) is 10.0 Å². The number of hydrogen-bond acceptors (Lipinski definition) is 6. The van der Waals surface area contributed by atoms with Crippen LogP contribution in [0.15, 0.2) is 41.4 Å². The zero-order chi connectivity index (χ0) is 21.2. The van der Waals surface area contributed by atoms with E-state index in [-0.39, 0.29) is 11.5 Å². The van der Waals surface area contributed by atoms with Crippen LogP contribution in [0.2, 0.25) is 0 Å². The lowest BCUT2D eigenvalue weighted by Crippen LogP contribution is -2.48. The van der Waals surface area contributed by atoms with Crippen LogP contribution in [0.3, 0.4) is 0 Å². The molecule has 7 nitrogen and oxygen atoms in total. The highest BCUT2D eigenvalue weighted by Gasteiger charge is 2.32. The van der Waals surface area contributed by atoms with Crippen LogP contribution in [0.4, 0.5) is 0 Å². The molecule has 0 saturated heterocycles. The lowest BCUT2D eigenvalue weighted by Gasteiger charge is -2.27. The summed E-state index contributed by atoms with van der Waals surface area (Å²) in [7, 11) is -4.05. The average Bonchev–Trinajstić information content (AvgIpc) is 2.55. The normalized spacial score (nSPS) is 14.1. The van der Waals surface area contributed by atoms with E-state index in [4.69, 9.17) is 9.47 Å². The lowest BCUT2D eigenvalue weighted by atomic mass is 10.2. The second kappa shape index (κ2) is 8.14. The van der Waals surface area contributed by atoms with Crippen molar-refractivity contribution in [3.8, 4) is 0 Å². The van der Waals surface area contributed by atoms with Crippen molar-refractivity contribution in [2.45, 2.75) is 63.7 Å². The number of benzene rings is 1. The van der Waals surface area contributed by atoms with Gasteiger partial charge in [0, 0.05) is 11.6 Å². The van der Waals surface area contributed by atoms with Crippen LogP contribution in [0, 0.1) is 0 Å². The van der Waals surface area contributed by atoms with Crippen molar-refractivity contribution in [3.05, 3.63) is 36.5 Å². The van der Waals surface area contributed by atoms with Gasteiger partial charge in [-0.25, -0.2) is 8.42 Å². The van der Waals surface area contributed by atoms with Crippen LogP contribution in [0.1, 0.15) is 41.5 Å². The van der Waals surface area contributed by atoms with Gasteiger partial charge in [-0.15, -0.1) is 0 Å². The number of carbonyl (C=O) groups excluding carboxylic acids is 1. The number of esters is 1. The minimum Gasteiger partial charge on any atom is -0.459 e. The molecule has 0 saturated carbocycles. The first-order chi connectivity index (χ1) is 12.8. The van der Waals surface area contributed by atoms with Crippen molar-refractivity contribution in [2.75, 3.05) is 6.61 Å². The van der Waals surface area contributed by atoms with Crippen molar-refractivity contribution in [2.24, 2.45) is 0 Å². The number of pyridine rings is 1. The van der Waals surface area contributed by atoms with Crippen LogP contribution in [-0.4, -0.2) is 43.2 Å². The van der Waals surface area contributed by atoms with Crippen LogP contribution in [0.25, 0.3) is 10.9 Å². The molecule has 1 aromatic carbocycles. The van der Waals surface area contributed by atoms with Gasteiger partial charge in [-0.2, -0.15) is 4.72 Å². The van der Waals surface area contributed by atoms with E-state index < -0.39 is 33.2 Å². The van der Waals surface area contributed by atoms with E-state index in [1.54, 1.807) is 45.0 Å². The molecule has 1 N–H and O–H groups in total. The Bertz CT molecular complexity index is 938. The maximum absolute atomic E-state index is 13.0. The van der Waals surface area contributed by atoms with Gasteiger partial charge in [-0.1, -0.05) is 18.2 Å². The number of nitrogens with zero attached hydrogens (tertiary/aromatic N) is 1. The van der Waals surface area contributed by atoms with Gasteiger partial charge in [-0.05, 0) is 53.7 Å². The quantitative estimate of drug-likeness (QED) is 0.738. The van der Waals surface area contributed by atoms with Crippen molar-refractivity contribution in [1.29, 1.82) is 0 Å². The summed E-state index contributed by atoms with van der Waals surface area (Å²) in [6.45, 7) is 10.5. The molecular formula is C20H28N2O5S. The number of rotatable bonds is 6. The van der Waals surface area contributed by atoms with E-state index in [0.29, 0.717) is 10.9 Å². The molecule has 0 aliphatic heterocycles. The van der Waals surface area contributed by atoms with Gasteiger partial charge < -0.3 is 9.47 Å². The van der Waals surface area contributed by atoms with Gasteiger partial charge in [0.25, 0.3) is 0 Å². The highest BCUT2D eigenvalue weighted by atomic mass is 32.2. The molecule has 2 aromatic rings. The highest BCUT2D eigenvalue weighted by Crippen LogP contribution is 2.21. The Morgan fingerprint density at radius 1 is 1.07 bits per heavy atom. The maximum Gasteiger partial charge on any atom is 0.327 e. The fraction of sp³-hybridized carbons (Fsp3) is 0.500. The molecule has 154 valence electrons. The molecule has 0 radical (unpaired) electrons. The molecule has 8 heteroatoms. The SMILES string of the molecule is CC(C)(C)OCC(NS(=O)(=O)c1cccc2cccnc12)C(=O)OC(C)(C)C. The Labute approximate surface area is 166 Å². The van der Waals surface area contributed by atoms with Crippen LogP contribution in [0.5, 0.6) is 0 Å². The van der Waals surface area contributed by atoms with E-state index in [2.05, 4.69) is 9.71 Å². The standard InChI is InChI=1S/C20H28N2O5S/c1-19(2,3)26-13-15(18(23)27-20(4,5)6)22-28(24,25)16-11-7-9-14-10-8-12-21-17(14)16/h7-12,15,22H,13H2,1-6H3. The molecule has 0 bridgehead atoms. The molecule has 0 aliphatic rings. The van der Waals surface area contributed by atoms with Crippen LogP contribution in [-0.2, 0) is 24.3 Å². The summed E-state index contributed by atoms with van der Waals surface area (Å²) in [5, 5.41) is 0.685. The monoisotopic (exact) mass is 408 g/mol. The number of para-hydroxylation sites is 1. The molecule has 1 atom stereocenters. The molecule has 0 amide bonds. The Morgan fingerprint density at radius 2 is 1.71 bits per heavy atom. The zero-order valence-corrected chi connectivity index (χ0v) is 18.0. The molecule has 0 fully saturated rings. The summed E-state index contributed by atoms with van der Waals surface area (Å²) in [6.07, 6.45) is 1.52. The topological polar surface area (TPSA) is 94.6 Å². The highest BCUT2D eigenvalue weighted by molar-refractivity contribution is 7.89. The second-order valence-corrected chi connectivity index (χ2v) is 10.1. The summed E-state index contributed by atoms with van der Waals surface area (Å²) in [6, 6.07) is 7.17. The number of aromatic nitrogens is 1. The van der Waals surface area contributed by atoms with E-state index in [1.807, 2.05) is 20.8 Å². The van der Waals surface area contributed by atoms with Crippen molar-refractivity contribution in [1.82, 2.24) is 9.71 Å². The summed E-state index contributed by atoms with van der Waals surface area (Å²) >= 11 is 0. The summed E-state index contributed by atoms with van der Waals surface area (Å²) < 4.78 is 39.5. The number of nitrogens with one attached hydrogen (secondary N) is 1. The third kappa shape index (κ3) is 6.25. The number of hydrogen-bond donors (Lipinski definition) is 1. The fourth-order valence-electron chi connectivity index (χ4n) is 2.40. The molecule has 1 heterocycles. The summed E-state index contributed by atoms with van der Waals surface area (Å²) in [4.78, 5) is 16.8. The third-order valence-electron chi connectivity index (χ3n) is 3.56. The minimum absolute atomic E-state index is 0.00471. The predicted octanol–water partition coefficient (Wildman–Crippen LogP) is 3.04. The first kappa shape index (κ1) is 22.3. The Morgan fingerprint density at radius 3 is 2.32 bits per heavy atom. The molecule has 0 spiro atoms. The van der Waals surface area contributed by atoms with E-state index in [0.717, 1.165) is 0 Å². The Kier molecular flexibility index (Phi) is 6.48. The minimum atomic E-state index is -4.05. The molecular weight excluding hydrogens is 380 g/mol. The number of fused-ring (bicyclic) bond motifs is 1. The average molecular weight is 409 g/mol. The Balaban J connectivity index is 2.36. The van der Waals surface area contributed by atoms with E-state index >= 15 is 0 Å². The lowest BCUT2D eigenvalue weighted by molar-refractivity contribution is -0.159. The van der Waals surface area contributed by atoms with Crippen molar-refractivity contribution in [3.63, 3.8) is 0 Å². The number of sulfonamides is 1. The van der Waals surface area contributed by atoms with Crippen LogP contribution < -0.4 is 4.72 Å². The van der Waals surface area contributed by atoms with Gasteiger partial charge in [0.15, 0.2) is 0 Å². The predicted molar refractivity (Wildman–Crippen MR) is 107 cm³/mol. The van der Waals surface area contributed by atoms with Gasteiger partial charge in [0.05, 0.1) is 17.7 Å². The Hall–Kier alpha value is -2.03. The fourth-order valence-corrected chi connectivity index (χ4v) is 3.75. The summed E-state index contributed by atoms with van der Waals surface area (Å²) in [5.41, 5.74) is -0.979. The van der Waals surface area contributed by atoms with Crippen molar-refractivity contribution >= 4 is 26.9 Å². The van der Waals surface area contributed by atoms with Gasteiger partial charge in [0.1, 0.15) is 16.5 Å². The molecule has 0 aliphatic carbocycles. The summed E-state index contributed by atoms with van der Waals surface area (Å²) in [5.74, 6) is -0.700. The molecule has 28 heavy (non-hydrogen) atoms. The first-order valence-electron chi connectivity index (χ1n) is 9.01. The third-order valence-corrected chi connectivity index (χ3v) is 5.06. The number of ether oxygens (including phenoxy) is 2. The molecule has 1 aromatic heterocycles. The maximum atomic E-state index is 13.0. The van der Waals surface area contributed by atoms with E-state index in [1.165, 1.54) is 12.3 Å². The van der Waals surface area contributed by atoms with Gasteiger partial charge >= 0.3 is 5.97 Å². The van der Waals surface area contributed by atoms with E-state index in [9.17, 15) is 13.2 Å². The zero-order valence-electron chi connectivity index (χ0n) is 17.1. The number of carbonyl (C=O) groups is 1.